The Labute approximate surface area is 69.9 Å². The summed E-state index contributed by atoms with van der Waals surface area (Å²) in [4.78, 5) is 3.98. The minimum Gasteiger partial charge on any atom is -0.377 e. The molecular formula is C7H9N3O2. The summed E-state index contributed by atoms with van der Waals surface area (Å²) in [6.07, 6.45) is 0.905. The van der Waals surface area contributed by atoms with Crippen LogP contribution in [0, 0.1) is 11.3 Å². The van der Waals surface area contributed by atoms with Crippen LogP contribution in [0.5, 0.6) is 0 Å². The highest BCUT2D eigenvalue weighted by Gasteiger charge is 2.04. The molecule has 0 unspecified atom stereocenters. The summed E-state index contributed by atoms with van der Waals surface area (Å²) in [5.41, 5.74) is 0. The number of aromatic nitrogens is 2. The molecule has 5 heteroatoms. The van der Waals surface area contributed by atoms with E-state index in [1.54, 1.807) is 7.11 Å². The van der Waals surface area contributed by atoms with E-state index >= 15 is 0 Å². The van der Waals surface area contributed by atoms with Gasteiger partial charge in [0, 0.05) is 20.0 Å². The van der Waals surface area contributed by atoms with Crippen LogP contribution in [-0.4, -0.2) is 17.3 Å². The summed E-state index contributed by atoms with van der Waals surface area (Å²) in [6.45, 7) is 0.343. The molecule has 0 amide bonds. The minimum atomic E-state index is 0.343. The van der Waals surface area contributed by atoms with Gasteiger partial charge >= 0.3 is 0 Å². The van der Waals surface area contributed by atoms with Gasteiger partial charge in [0.15, 0.2) is 5.82 Å². The largest absolute Gasteiger partial charge is 0.377 e. The van der Waals surface area contributed by atoms with E-state index in [0.29, 0.717) is 31.2 Å². The van der Waals surface area contributed by atoms with E-state index in [0.717, 1.165) is 0 Å². The molecule has 0 aliphatic heterocycles. The summed E-state index contributed by atoms with van der Waals surface area (Å²) >= 11 is 0. The van der Waals surface area contributed by atoms with Crippen molar-refractivity contribution in [3.63, 3.8) is 0 Å². The fraction of sp³-hybridized carbons (Fsp3) is 0.571. The maximum Gasteiger partial charge on any atom is 0.227 e. The predicted octanol–water partition coefficient (Wildman–Crippen LogP) is 0.672. The molecule has 0 radical (unpaired) electrons. The van der Waals surface area contributed by atoms with E-state index in [1.165, 1.54) is 0 Å². The van der Waals surface area contributed by atoms with Gasteiger partial charge in [0.25, 0.3) is 0 Å². The average Bonchev–Trinajstić information content (AvgIpc) is 2.50. The van der Waals surface area contributed by atoms with Crippen LogP contribution in [0.2, 0.25) is 0 Å². The van der Waals surface area contributed by atoms with Crippen LogP contribution in [0.15, 0.2) is 4.52 Å². The quantitative estimate of drug-likeness (QED) is 0.659. The molecule has 0 spiro atoms. The maximum atomic E-state index is 8.27. The van der Waals surface area contributed by atoms with Crippen molar-refractivity contribution in [1.29, 1.82) is 5.26 Å². The zero-order valence-corrected chi connectivity index (χ0v) is 6.78. The van der Waals surface area contributed by atoms with Crippen LogP contribution in [0.4, 0.5) is 0 Å². The van der Waals surface area contributed by atoms with Crippen molar-refractivity contribution in [2.24, 2.45) is 0 Å². The lowest BCUT2D eigenvalue weighted by Crippen LogP contribution is -1.90. The van der Waals surface area contributed by atoms with Gasteiger partial charge in [-0.2, -0.15) is 10.2 Å². The van der Waals surface area contributed by atoms with E-state index in [4.69, 9.17) is 14.5 Å². The van der Waals surface area contributed by atoms with Crippen LogP contribution in [0.3, 0.4) is 0 Å². The number of nitriles is 1. The minimum absolute atomic E-state index is 0.343. The van der Waals surface area contributed by atoms with Crippen LogP contribution in [0.1, 0.15) is 18.1 Å². The molecule has 12 heavy (non-hydrogen) atoms. The van der Waals surface area contributed by atoms with E-state index in [2.05, 4.69) is 10.1 Å². The highest BCUT2D eigenvalue weighted by Crippen LogP contribution is 2.00. The van der Waals surface area contributed by atoms with E-state index in [-0.39, 0.29) is 0 Å². The molecule has 1 aromatic heterocycles. The number of hydrogen-bond acceptors (Lipinski definition) is 5. The molecule has 0 aromatic carbocycles. The van der Waals surface area contributed by atoms with Crippen molar-refractivity contribution in [1.82, 2.24) is 10.1 Å². The smallest absolute Gasteiger partial charge is 0.227 e. The number of aryl methyl sites for hydroxylation is 1. The number of methoxy groups -OCH3 is 1. The summed E-state index contributed by atoms with van der Waals surface area (Å²) < 4.78 is 9.62. The SMILES string of the molecule is COCc1noc(CCC#N)n1. The molecule has 0 aliphatic carbocycles. The molecule has 0 N–H and O–H groups in total. The number of nitrogens with zero attached hydrogens (tertiary/aromatic N) is 3. The fourth-order valence-electron chi connectivity index (χ4n) is 0.742. The zero-order valence-electron chi connectivity index (χ0n) is 6.78. The Morgan fingerprint density at radius 3 is 3.17 bits per heavy atom. The van der Waals surface area contributed by atoms with Crippen molar-refractivity contribution in [2.75, 3.05) is 7.11 Å². The molecule has 5 nitrogen and oxygen atoms in total. The lowest BCUT2D eigenvalue weighted by Gasteiger charge is -1.86. The van der Waals surface area contributed by atoms with Crippen LogP contribution >= 0.6 is 0 Å². The van der Waals surface area contributed by atoms with E-state index in [1.807, 2.05) is 6.07 Å². The first-order chi connectivity index (χ1) is 5.86. The molecule has 0 fully saturated rings. The van der Waals surface area contributed by atoms with Gasteiger partial charge in [0.1, 0.15) is 6.61 Å². The van der Waals surface area contributed by atoms with Gasteiger partial charge in [-0.1, -0.05) is 5.16 Å². The molecule has 0 atom stereocenters. The molecule has 64 valence electrons. The highest BCUT2D eigenvalue weighted by molar-refractivity contribution is 4.87. The Morgan fingerprint density at radius 2 is 2.50 bits per heavy atom. The van der Waals surface area contributed by atoms with E-state index in [9.17, 15) is 0 Å². The number of hydrogen-bond donors (Lipinski definition) is 0. The molecular weight excluding hydrogens is 158 g/mol. The van der Waals surface area contributed by atoms with Crippen molar-refractivity contribution < 1.29 is 9.26 Å². The second-order valence-electron chi connectivity index (χ2n) is 2.20. The van der Waals surface area contributed by atoms with Gasteiger partial charge in [-0.05, 0) is 0 Å². The van der Waals surface area contributed by atoms with Crippen LogP contribution in [-0.2, 0) is 17.8 Å². The Bertz CT molecular complexity index is 276. The van der Waals surface area contributed by atoms with Crippen LogP contribution < -0.4 is 0 Å². The maximum absolute atomic E-state index is 8.27. The summed E-state index contributed by atoms with van der Waals surface area (Å²) in [5, 5.41) is 11.9. The molecule has 1 aromatic rings. The summed E-state index contributed by atoms with van der Waals surface area (Å²) in [6, 6.07) is 2.00. The number of ether oxygens (including phenoxy) is 1. The second kappa shape index (κ2) is 4.46. The van der Waals surface area contributed by atoms with Crippen molar-refractivity contribution in [3.8, 4) is 6.07 Å². The second-order valence-corrected chi connectivity index (χ2v) is 2.20. The first-order valence-corrected chi connectivity index (χ1v) is 3.54. The molecule has 1 heterocycles. The van der Waals surface area contributed by atoms with E-state index < -0.39 is 0 Å². The Kier molecular flexibility index (Phi) is 3.23. The van der Waals surface area contributed by atoms with Gasteiger partial charge in [0.2, 0.25) is 5.89 Å². The van der Waals surface area contributed by atoms with Gasteiger partial charge in [-0.25, -0.2) is 0 Å². The first-order valence-electron chi connectivity index (χ1n) is 3.54. The number of rotatable bonds is 4. The molecule has 0 saturated heterocycles. The highest BCUT2D eigenvalue weighted by atomic mass is 16.5. The van der Waals surface area contributed by atoms with Gasteiger partial charge in [-0.3, -0.25) is 0 Å². The Morgan fingerprint density at radius 1 is 1.67 bits per heavy atom. The first kappa shape index (κ1) is 8.68. The average molecular weight is 167 g/mol. The third-order valence-electron chi connectivity index (χ3n) is 1.23. The van der Waals surface area contributed by atoms with Gasteiger partial charge in [0.05, 0.1) is 6.07 Å². The van der Waals surface area contributed by atoms with Crippen molar-refractivity contribution in [2.45, 2.75) is 19.4 Å². The Hall–Kier alpha value is -1.41. The van der Waals surface area contributed by atoms with Crippen LogP contribution in [0.25, 0.3) is 0 Å². The monoisotopic (exact) mass is 167 g/mol. The molecule has 0 aliphatic rings. The molecule has 0 saturated carbocycles. The zero-order chi connectivity index (χ0) is 8.81. The molecule has 1 rings (SSSR count). The fourth-order valence-corrected chi connectivity index (χ4v) is 0.742. The summed E-state index contributed by atoms with van der Waals surface area (Å²) in [5.74, 6) is 1.01. The summed E-state index contributed by atoms with van der Waals surface area (Å²) in [7, 11) is 1.56. The van der Waals surface area contributed by atoms with Gasteiger partial charge in [-0.15, -0.1) is 0 Å². The lowest BCUT2D eigenvalue weighted by atomic mass is 10.3. The Balaban J connectivity index is 2.47. The standard InChI is InChI=1S/C7H9N3O2/c1-11-5-6-9-7(12-10-6)3-2-4-8/h2-3,5H2,1H3. The topological polar surface area (TPSA) is 71.9 Å². The third kappa shape index (κ3) is 2.32. The van der Waals surface area contributed by atoms with Crippen molar-refractivity contribution in [3.05, 3.63) is 11.7 Å². The predicted molar refractivity (Wildman–Crippen MR) is 38.9 cm³/mol. The van der Waals surface area contributed by atoms with Gasteiger partial charge < -0.3 is 9.26 Å². The van der Waals surface area contributed by atoms with Crippen molar-refractivity contribution >= 4 is 0 Å². The molecule has 0 bridgehead atoms. The third-order valence-corrected chi connectivity index (χ3v) is 1.23. The normalized spacial score (nSPS) is 9.67. The lowest BCUT2D eigenvalue weighted by molar-refractivity contribution is 0.174.